The van der Waals surface area contributed by atoms with E-state index in [0.717, 1.165) is 5.56 Å². The molecule has 1 aliphatic rings. The number of Topliss-reactive ketones (excluding diaryl/α,β-unsaturated/α-hetero) is 3. The second-order valence-electron chi connectivity index (χ2n) is 8.40. The van der Waals surface area contributed by atoms with Crippen molar-refractivity contribution in [3.05, 3.63) is 114 Å². The number of carbonyl (C=O) groups excluding carboxylic acids is 4. The summed E-state index contributed by atoms with van der Waals surface area (Å²) in [6.07, 6.45) is 10.9. The number of para-hydroxylation sites is 1. The van der Waals surface area contributed by atoms with Crippen LogP contribution >= 0.6 is 0 Å². The van der Waals surface area contributed by atoms with Crippen molar-refractivity contribution in [1.82, 2.24) is 14.9 Å². The Hall–Kier alpha value is -4.72. The van der Waals surface area contributed by atoms with Crippen molar-refractivity contribution in [2.24, 2.45) is 5.92 Å². The van der Waals surface area contributed by atoms with Crippen molar-refractivity contribution in [3.63, 3.8) is 0 Å². The summed E-state index contributed by atoms with van der Waals surface area (Å²) in [6.45, 7) is 8.37. The number of hydrogen-bond acceptors (Lipinski definition) is 7. The number of pyridine rings is 2. The summed E-state index contributed by atoms with van der Waals surface area (Å²) in [4.78, 5) is 53.7. The molecular formula is C30H31N3O5. The van der Waals surface area contributed by atoms with Crippen molar-refractivity contribution in [1.29, 1.82) is 0 Å². The largest absolute Gasteiger partial charge is 0.423 e. The molecule has 2 aromatic heterocycles. The van der Waals surface area contributed by atoms with Crippen LogP contribution in [0.4, 0.5) is 4.79 Å². The monoisotopic (exact) mass is 513 g/mol. The number of ether oxygens (including phenoxy) is 1. The van der Waals surface area contributed by atoms with Crippen molar-refractivity contribution in [2.45, 2.75) is 34.6 Å². The molecule has 196 valence electrons. The lowest BCUT2D eigenvalue weighted by Gasteiger charge is -2.21. The zero-order valence-corrected chi connectivity index (χ0v) is 22.1. The van der Waals surface area contributed by atoms with E-state index in [1.54, 1.807) is 80.4 Å². The van der Waals surface area contributed by atoms with Crippen LogP contribution in [-0.2, 0) is 4.79 Å². The summed E-state index contributed by atoms with van der Waals surface area (Å²) in [6, 6.07) is 14.1. The lowest BCUT2D eigenvalue weighted by Crippen LogP contribution is -2.28. The van der Waals surface area contributed by atoms with E-state index in [4.69, 9.17) is 4.74 Å². The Morgan fingerprint density at radius 3 is 2.00 bits per heavy atom. The number of hydrogen-bond donors (Lipinski definition) is 0. The molecule has 8 heteroatoms. The van der Waals surface area contributed by atoms with Gasteiger partial charge in [-0.2, -0.15) is 0 Å². The van der Waals surface area contributed by atoms with Gasteiger partial charge in [0, 0.05) is 59.8 Å². The molecule has 0 bridgehead atoms. The molecule has 3 heterocycles. The fraction of sp³-hybridized carbons (Fsp3) is 0.200. The molecule has 0 N–H and O–H groups in total. The lowest BCUT2D eigenvalue weighted by molar-refractivity contribution is -0.114. The van der Waals surface area contributed by atoms with Gasteiger partial charge in [-0.1, -0.05) is 31.2 Å². The summed E-state index contributed by atoms with van der Waals surface area (Å²) in [5.74, 6) is 0.568. The number of aromatic nitrogens is 2. The molecule has 0 radical (unpaired) electrons. The van der Waals surface area contributed by atoms with Gasteiger partial charge in [0.05, 0.1) is 0 Å². The Balaban J connectivity index is 0.000000224. The van der Waals surface area contributed by atoms with E-state index in [1.807, 2.05) is 26.0 Å². The molecule has 0 spiro atoms. The Labute approximate surface area is 222 Å². The van der Waals surface area contributed by atoms with Crippen LogP contribution < -0.4 is 4.74 Å². The second kappa shape index (κ2) is 14.7. The number of aryl methyl sites for hydroxylation is 1. The average molecular weight is 514 g/mol. The van der Waals surface area contributed by atoms with Gasteiger partial charge in [-0.25, -0.2) is 4.79 Å². The van der Waals surface area contributed by atoms with Crippen LogP contribution in [0.25, 0.3) is 0 Å². The molecule has 38 heavy (non-hydrogen) atoms. The van der Waals surface area contributed by atoms with Gasteiger partial charge in [0.2, 0.25) is 0 Å². The van der Waals surface area contributed by atoms with Crippen LogP contribution in [0.15, 0.2) is 97.4 Å². The lowest BCUT2D eigenvalue weighted by atomic mass is 9.97. The van der Waals surface area contributed by atoms with E-state index in [0.29, 0.717) is 22.4 Å². The van der Waals surface area contributed by atoms with E-state index in [2.05, 4.69) is 9.97 Å². The SMILES string of the molecule is CC(=O)C1=CN(C(=O)Oc2ccccc2)C=CC1C.CC(=O)c1cccnc1.CC(=O)c1cnccc1C. The molecule has 0 saturated carbocycles. The van der Waals surface area contributed by atoms with Crippen LogP contribution in [-0.4, -0.2) is 38.3 Å². The highest BCUT2D eigenvalue weighted by atomic mass is 16.6. The molecule has 1 aliphatic heterocycles. The van der Waals surface area contributed by atoms with Crippen LogP contribution in [0.3, 0.4) is 0 Å². The zero-order chi connectivity index (χ0) is 28.1. The van der Waals surface area contributed by atoms with Crippen LogP contribution in [0, 0.1) is 12.8 Å². The van der Waals surface area contributed by atoms with E-state index >= 15 is 0 Å². The van der Waals surface area contributed by atoms with Gasteiger partial charge in [0.15, 0.2) is 17.3 Å². The van der Waals surface area contributed by atoms with E-state index in [-0.39, 0.29) is 23.3 Å². The average Bonchev–Trinajstić information content (AvgIpc) is 2.90. The first kappa shape index (κ1) is 29.5. The number of benzene rings is 1. The first-order chi connectivity index (χ1) is 18.1. The molecule has 0 saturated heterocycles. The van der Waals surface area contributed by atoms with E-state index in [9.17, 15) is 19.2 Å². The van der Waals surface area contributed by atoms with Crippen LogP contribution in [0.5, 0.6) is 5.75 Å². The summed E-state index contributed by atoms with van der Waals surface area (Å²) < 4.78 is 5.20. The molecule has 1 unspecified atom stereocenters. The minimum atomic E-state index is -0.534. The topological polar surface area (TPSA) is 107 Å². The quantitative estimate of drug-likeness (QED) is 0.394. The van der Waals surface area contributed by atoms with Gasteiger partial charge >= 0.3 is 6.09 Å². The first-order valence-electron chi connectivity index (χ1n) is 11.9. The third-order valence-corrected chi connectivity index (χ3v) is 5.36. The first-order valence-corrected chi connectivity index (χ1v) is 11.9. The van der Waals surface area contributed by atoms with Gasteiger partial charge in [-0.05, 0) is 63.6 Å². The van der Waals surface area contributed by atoms with Gasteiger partial charge in [-0.15, -0.1) is 0 Å². The molecule has 4 rings (SSSR count). The number of nitrogens with zero attached hydrogens (tertiary/aromatic N) is 3. The molecular weight excluding hydrogens is 482 g/mol. The molecule has 8 nitrogen and oxygen atoms in total. The Kier molecular flexibility index (Phi) is 11.5. The highest BCUT2D eigenvalue weighted by molar-refractivity contribution is 5.95. The molecule has 0 aliphatic carbocycles. The molecule has 0 fully saturated rings. The maximum absolute atomic E-state index is 11.9. The van der Waals surface area contributed by atoms with Crippen LogP contribution in [0.2, 0.25) is 0 Å². The Bertz CT molecular complexity index is 1320. The standard InChI is InChI=1S/C15H15NO3.C8H9NO.C7H7NO/c1-11-8-9-16(10-14(11)12(2)17)15(18)19-13-6-4-3-5-7-13;1-6-3-4-9-5-8(6)7(2)10;1-6(9)7-3-2-4-8-5-7/h3-11H,1-2H3;3-5H,1-2H3;2-5H,1H3. The van der Waals surface area contributed by atoms with Crippen LogP contribution in [0.1, 0.15) is 54.0 Å². The third kappa shape index (κ3) is 9.39. The summed E-state index contributed by atoms with van der Waals surface area (Å²) in [7, 11) is 0. The number of allylic oxidation sites excluding steroid dienone is 2. The highest BCUT2D eigenvalue weighted by Crippen LogP contribution is 2.21. The van der Waals surface area contributed by atoms with Crippen molar-refractivity contribution < 1.29 is 23.9 Å². The smallest absolute Gasteiger partial charge is 0.410 e. The number of ketones is 3. The number of rotatable bonds is 4. The van der Waals surface area contributed by atoms with Gasteiger partial charge < -0.3 is 4.74 Å². The summed E-state index contributed by atoms with van der Waals surface area (Å²) in [5, 5.41) is 0. The maximum atomic E-state index is 11.9. The summed E-state index contributed by atoms with van der Waals surface area (Å²) >= 11 is 0. The minimum Gasteiger partial charge on any atom is -0.410 e. The van der Waals surface area contributed by atoms with Crippen molar-refractivity contribution >= 4 is 23.4 Å². The number of carbonyl (C=O) groups is 4. The van der Waals surface area contributed by atoms with Crippen molar-refractivity contribution in [2.75, 3.05) is 0 Å². The molecule has 1 aromatic carbocycles. The Morgan fingerprint density at radius 1 is 0.816 bits per heavy atom. The maximum Gasteiger partial charge on any atom is 0.423 e. The van der Waals surface area contributed by atoms with E-state index in [1.165, 1.54) is 24.9 Å². The van der Waals surface area contributed by atoms with E-state index < -0.39 is 6.09 Å². The second-order valence-corrected chi connectivity index (χ2v) is 8.40. The summed E-state index contributed by atoms with van der Waals surface area (Å²) in [5.41, 5.74) is 2.95. The fourth-order valence-corrected chi connectivity index (χ4v) is 3.21. The van der Waals surface area contributed by atoms with Crippen molar-refractivity contribution in [3.8, 4) is 5.75 Å². The van der Waals surface area contributed by atoms with Gasteiger partial charge in [-0.3, -0.25) is 29.3 Å². The van der Waals surface area contributed by atoms with Gasteiger partial charge in [0.1, 0.15) is 5.75 Å². The Morgan fingerprint density at radius 2 is 1.50 bits per heavy atom. The predicted molar refractivity (Wildman–Crippen MR) is 145 cm³/mol. The third-order valence-electron chi connectivity index (χ3n) is 5.36. The zero-order valence-electron chi connectivity index (χ0n) is 22.1. The molecule has 1 amide bonds. The minimum absolute atomic E-state index is 0.0123. The number of amides is 1. The fourth-order valence-electron chi connectivity index (χ4n) is 3.21. The van der Waals surface area contributed by atoms with Gasteiger partial charge in [0.25, 0.3) is 0 Å². The normalized spacial score (nSPS) is 13.6. The molecule has 3 aromatic rings. The molecule has 1 atom stereocenters. The highest BCUT2D eigenvalue weighted by Gasteiger charge is 2.21. The predicted octanol–water partition coefficient (Wildman–Crippen LogP) is 6.00.